The van der Waals surface area contributed by atoms with E-state index in [1.54, 1.807) is 6.92 Å². The zero-order valence-corrected chi connectivity index (χ0v) is 19.1. The van der Waals surface area contributed by atoms with Crippen LogP contribution >= 0.6 is 0 Å². The van der Waals surface area contributed by atoms with Crippen molar-refractivity contribution in [1.29, 1.82) is 0 Å². The van der Waals surface area contributed by atoms with Crippen molar-refractivity contribution in [3.05, 3.63) is 0 Å². The van der Waals surface area contributed by atoms with E-state index in [1.165, 1.54) is 0 Å². The lowest BCUT2D eigenvalue weighted by atomic mass is 9.69. The highest BCUT2D eigenvalue weighted by molar-refractivity contribution is 7.91. The van der Waals surface area contributed by atoms with Gasteiger partial charge in [-0.05, 0) is 70.1 Å². The van der Waals surface area contributed by atoms with Crippen molar-refractivity contribution in [2.45, 2.75) is 94.8 Å². The highest BCUT2D eigenvalue weighted by Gasteiger charge is 2.50. The van der Waals surface area contributed by atoms with Crippen LogP contribution in [-0.2, 0) is 19.4 Å². The largest absolute Gasteiger partial charge is 0.335 e. The maximum atomic E-state index is 14.7. The Kier molecular flexibility index (Phi) is 5.92. The van der Waals surface area contributed by atoms with Gasteiger partial charge in [0.15, 0.2) is 9.84 Å². The summed E-state index contributed by atoms with van der Waals surface area (Å²) < 4.78 is 38.5. The molecular weight excluding hydrogens is 407 g/mol. The number of fused-ring (bicyclic) bond motifs is 1. The summed E-state index contributed by atoms with van der Waals surface area (Å²) in [4.78, 5) is 29.4. The molecule has 6 nitrogen and oxygen atoms in total. The van der Waals surface area contributed by atoms with Crippen molar-refractivity contribution >= 4 is 21.7 Å². The first-order valence-electron chi connectivity index (χ1n) is 11.5. The smallest absolute Gasteiger partial charge is 0.226 e. The van der Waals surface area contributed by atoms with Crippen LogP contribution in [-0.4, -0.2) is 72.4 Å². The fourth-order valence-electron chi connectivity index (χ4n) is 6.48. The number of nitrogens with zero attached hydrogens (tertiary/aromatic N) is 2. The van der Waals surface area contributed by atoms with Crippen molar-refractivity contribution in [3.8, 4) is 0 Å². The molecule has 170 valence electrons. The molecule has 0 bridgehead atoms. The number of hydrogen-bond acceptors (Lipinski definition) is 4. The lowest BCUT2D eigenvalue weighted by Gasteiger charge is -2.55. The summed E-state index contributed by atoms with van der Waals surface area (Å²) in [7, 11) is -3.37. The van der Waals surface area contributed by atoms with Crippen molar-refractivity contribution in [2.75, 3.05) is 12.8 Å². The van der Waals surface area contributed by atoms with Crippen LogP contribution in [0.3, 0.4) is 0 Å². The number of sulfone groups is 1. The first kappa shape index (κ1) is 22.0. The Morgan fingerprint density at radius 2 is 1.57 bits per heavy atom. The van der Waals surface area contributed by atoms with Gasteiger partial charge in [-0.15, -0.1) is 0 Å². The van der Waals surface area contributed by atoms with Gasteiger partial charge >= 0.3 is 0 Å². The van der Waals surface area contributed by atoms with E-state index >= 15 is 0 Å². The molecule has 0 aromatic rings. The third kappa shape index (κ3) is 4.13. The van der Waals surface area contributed by atoms with Crippen molar-refractivity contribution < 1.29 is 22.4 Å². The van der Waals surface area contributed by atoms with Crippen molar-refractivity contribution in [2.24, 2.45) is 17.8 Å². The zero-order chi connectivity index (χ0) is 21.8. The maximum absolute atomic E-state index is 14.7. The van der Waals surface area contributed by atoms with Gasteiger partial charge in [0.2, 0.25) is 11.8 Å². The van der Waals surface area contributed by atoms with Crippen LogP contribution in [0.4, 0.5) is 4.39 Å². The third-order valence-corrected chi connectivity index (χ3v) is 9.69. The molecule has 3 saturated carbocycles. The summed E-state index contributed by atoms with van der Waals surface area (Å²) in [6.45, 7) is 4.21. The van der Waals surface area contributed by atoms with E-state index in [0.717, 1.165) is 44.8 Å². The predicted octanol–water partition coefficient (Wildman–Crippen LogP) is 2.56. The lowest BCUT2D eigenvalue weighted by Crippen LogP contribution is -2.67. The van der Waals surface area contributed by atoms with E-state index in [1.807, 2.05) is 16.7 Å². The van der Waals surface area contributed by atoms with Crippen molar-refractivity contribution in [3.63, 3.8) is 0 Å². The Morgan fingerprint density at radius 3 is 2.13 bits per heavy atom. The molecule has 0 spiro atoms. The standard InChI is InChI=1S/C22H35FN2O4S/c1-13-12-24(22(27)15-4-5-15)20-11-17(6-8-19(20)25(13)14(2)26)16-7-9-21(18(23)10-16)30(3,28)29/h13,15-21H,4-12H2,1-3H3/t13-,16?,17?,18?,19?,20?,21?/m0/s1. The van der Waals surface area contributed by atoms with Crippen molar-refractivity contribution in [1.82, 2.24) is 9.80 Å². The van der Waals surface area contributed by atoms with Gasteiger partial charge < -0.3 is 9.80 Å². The predicted molar refractivity (Wildman–Crippen MR) is 112 cm³/mol. The summed E-state index contributed by atoms with van der Waals surface area (Å²) in [6, 6.07) is 0.0600. The van der Waals surface area contributed by atoms with Gasteiger partial charge in [-0.3, -0.25) is 9.59 Å². The average Bonchev–Trinajstić information content (AvgIpc) is 3.50. The number of rotatable bonds is 3. The average molecular weight is 443 g/mol. The summed E-state index contributed by atoms with van der Waals surface area (Å²) in [6.07, 6.45) is 5.68. The molecule has 30 heavy (non-hydrogen) atoms. The van der Waals surface area contributed by atoms with E-state index in [2.05, 4.69) is 0 Å². The second kappa shape index (κ2) is 8.06. The Labute approximate surface area is 179 Å². The molecule has 4 aliphatic rings. The van der Waals surface area contributed by atoms with Gasteiger partial charge in [-0.1, -0.05) is 0 Å². The van der Waals surface area contributed by atoms with Crippen LogP contribution in [0.2, 0.25) is 0 Å². The monoisotopic (exact) mass is 442 g/mol. The highest BCUT2D eigenvalue weighted by Crippen LogP contribution is 2.45. The Hall–Kier alpha value is -1.18. The molecule has 3 aliphatic carbocycles. The van der Waals surface area contributed by atoms with Gasteiger partial charge in [0, 0.05) is 31.7 Å². The van der Waals surface area contributed by atoms with E-state index in [9.17, 15) is 22.4 Å². The van der Waals surface area contributed by atoms with Gasteiger partial charge in [-0.2, -0.15) is 0 Å². The van der Waals surface area contributed by atoms with E-state index in [-0.39, 0.29) is 47.7 Å². The Morgan fingerprint density at radius 1 is 0.933 bits per heavy atom. The molecule has 8 heteroatoms. The molecule has 6 unspecified atom stereocenters. The molecule has 1 aliphatic heterocycles. The first-order valence-corrected chi connectivity index (χ1v) is 13.5. The molecule has 7 atom stereocenters. The van der Waals surface area contributed by atoms with Crippen LogP contribution in [0, 0.1) is 17.8 Å². The molecule has 4 fully saturated rings. The van der Waals surface area contributed by atoms with Gasteiger partial charge in [-0.25, -0.2) is 12.8 Å². The fourth-order valence-corrected chi connectivity index (χ4v) is 7.69. The topological polar surface area (TPSA) is 74.8 Å². The second-order valence-electron chi connectivity index (χ2n) is 10.2. The lowest BCUT2D eigenvalue weighted by molar-refractivity contribution is -0.155. The first-order chi connectivity index (χ1) is 14.1. The molecule has 0 N–H and O–H groups in total. The molecule has 1 heterocycles. The molecule has 0 aromatic heterocycles. The van der Waals surface area contributed by atoms with Crippen LogP contribution in [0.1, 0.15) is 65.2 Å². The zero-order valence-electron chi connectivity index (χ0n) is 18.3. The number of alkyl halides is 1. The summed E-state index contributed by atoms with van der Waals surface area (Å²) in [5.41, 5.74) is 0. The molecule has 4 rings (SSSR count). The van der Waals surface area contributed by atoms with Gasteiger partial charge in [0.25, 0.3) is 0 Å². The summed E-state index contributed by atoms with van der Waals surface area (Å²) >= 11 is 0. The highest BCUT2D eigenvalue weighted by atomic mass is 32.2. The summed E-state index contributed by atoms with van der Waals surface area (Å²) in [5, 5.41) is -0.873. The van der Waals surface area contributed by atoms with E-state index in [4.69, 9.17) is 0 Å². The maximum Gasteiger partial charge on any atom is 0.226 e. The SMILES string of the molecule is CC(=O)N1C2CCC(C3CCC(S(C)(=O)=O)C(F)C3)CC2N(C(=O)C2CC2)C[C@@H]1C. The van der Waals surface area contributed by atoms with Gasteiger partial charge in [0.1, 0.15) is 6.17 Å². The summed E-state index contributed by atoms with van der Waals surface area (Å²) in [5.74, 6) is 0.864. The van der Waals surface area contributed by atoms with E-state index < -0.39 is 21.3 Å². The van der Waals surface area contributed by atoms with Crippen LogP contribution in [0.25, 0.3) is 0 Å². The van der Waals surface area contributed by atoms with E-state index in [0.29, 0.717) is 19.4 Å². The number of amides is 2. The number of halogens is 1. The Balaban J connectivity index is 1.50. The minimum Gasteiger partial charge on any atom is -0.335 e. The Bertz CT molecular complexity index is 799. The number of piperazine rings is 1. The minimum atomic E-state index is -3.37. The minimum absolute atomic E-state index is 0.00245. The van der Waals surface area contributed by atoms with Crippen LogP contribution in [0.5, 0.6) is 0 Å². The molecule has 0 aromatic carbocycles. The molecule has 2 amide bonds. The molecule has 0 radical (unpaired) electrons. The van der Waals surface area contributed by atoms with Crippen LogP contribution < -0.4 is 0 Å². The third-order valence-electron chi connectivity index (χ3n) is 8.06. The normalized spacial score (nSPS) is 40.1. The number of carbonyl (C=O) groups excluding carboxylic acids is 2. The van der Waals surface area contributed by atoms with Crippen LogP contribution in [0.15, 0.2) is 0 Å². The molecular formula is C22H35FN2O4S. The quantitative estimate of drug-likeness (QED) is 0.673. The fraction of sp³-hybridized carbons (Fsp3) is 0.909. The number of carbonyl (C=O) groups is 2. The van der Waals surface area contributed by atoms with Gasteiger partial charge in [0.05, 0.1) is 17.3 Å². The number of hydrogen-bond donors (Lipinski definition) is 0. The molecule has 1 saturated heterocycles. The second-order valence-corrected chi connectivity index (χ2v) is 12.5.